The van der Waals surface area contributed by atoms with Crippen LogP contribution >= 0.6 is 11.6 Å². The number of piperazine rings is 1. The monoisotopic (exact) mass is 319 g/mol. The van der Waals surface area contributed by atoms with E-state index >= 15 is 0 Å². The van der Waals surface area contributed by atoms with Crippen LogP contribution in [-0.2, 0) is 0 Å². The van der Waals surface area contributed by atoms with Crippen LogP contribution in [0.5, 0.6) is 0 Å². The van der Waals surface area contributed by atoms with Crippen molar-refractivity contribution < 1.29 is 4.39 Å². The summed E-state index contributed by atoms with van der Waals surface area (Å²) in [6.45, 7) is 6.01. The van der Waals surface area contributed by atoms with Gasteiger partial charge in [-0.1, -0.05) is 23.7 Å². The van der Waals surface area contributed by atoms with Crippen molar-refractivity contribution in [1.82, 2.24) is 9.88 Å². The van der Waals surface area contributed by atoms with Crippen molar-refractivity contribution in [3.05, 3.63) is 59.1 Å². The lowest BCUT2D eigenvalue weighted by Crippen LogP contribution is -2.47. The van der Waals surface area contributed by atoms with Gasteiger partial charge in [-0.15, -0.1) is 0 Å². The van der Waals surface area contributed by atoms with Gasteiger partial charge in [0.1, 0.15) is 11.0 Å². The SMILES string of the molecule is C[C@@H](c1ccc(F)cc1)N1CCN(c2ccnc(Cl)c2)CC1. The second-order valence-corrected chi connectivity index (χ2v) is 5.97. The molecule has 0 N–H and O–H groups in total. The van der Waals surface area contributed by atoms with Crippen LogP contribution in [0.1, 0.15) is 18.5 Å². The van der Waals surface area contributed by atoms with Gasteiger partial charge in [-0.3, -0.25) is 4.90 Å². The fourth-order valence-electron chi connectivity index (χ4n) is 2.91. The summed E-state index contributed by atoms with van der Waals surface area (Å²) in [5, 5.41) is 0.527. The standard InChI is InChI=1S/C17H19ClFN3/c1-13(14-2-4-15(19)5-3-14)21-8-10-22(11-9-21)16-6-7-20-17(18)12-16/h2-7,12-13H,8-11H2,1H3/t13-/m0/s1. The van der Waals surface area contributed by atoms with E-state index in [2.05, 4.69) is 21.7 Å². The first kappa shape index (κ1) is 15.3. The van der Waals surface area contributed by atoms with Crippen LogP contribution in [0.2, 0.25) is 5.15 Å². The lowest BCUT2D eigenvalue weighted by Gasteiger charge is -2.39. The molecule has 0 unspecified atom stereocenters. The molecule has 0 saturated carbocycles. The lowest BCUT2D eigenvalue weighted by molar-refractivity contribution is 0.198. The van der Waals surface area contributed by atoms with E-state index in [1.165, 1.54) is 12.1 Å². The second-order valence-electron chi connectivity index (χ2n) is 5.59. The minimum Gasteiger partial charge on any atom is -0.369 e. The smallest absolute Gasteiger partial charge is 0.131 e. The molecule has 1 aliphatic heterocycles. The molecule has 0 amide bonds. The molecule has 2 heterocycles. The maximum absolute atomic E-state index is 13.0. The summed E-state index contributed by atoms with van der Waals surface area (Å²) in [5.74, 6) is -0.185. The Hall–Kier alpha value is -1.65. The zero-order valence-electron chi connectivity index (χ0n) is 12.5. The normalized spacial score (nSPS) is 17.5. The maximum atomic E-state index is 13.0. The summed E-state index contributed by atoms with van der Waals surface area (Å²) >= 11 is 5.96. The summed E-state index contributed by atoms with van der Waals surface area (Å²) in [5.41, 5.74) is 2.27. The Bertz CT molecular complexity index is 624. The third kappa shape index (κ3) is 3.39. The Morgan fingerprint density at radius 2 is 1.77 bits per heavy atom. The van der Waals surface area contributed by atoms with E-state index in [0.29, 0.717) is 11.2 Å². The largest absolute Gasteiger partial charge is 0.369 e. The van der Waals surface area contributed by atoms with Gasteiger partial charge in [0.2, 0.25) is 0 Å². The average molecular weight is 320 g/mol. The minimum absolute atomic E-state index is 0.185. The molecule has 1 aromatic carbocycles. The molecule has 22 heavy (non-hydrogen) atoms. The van der Waals surface area contributed by atoms with Crippen molar-refractivity contribution in [2.24, 2.45) is 0 Å². The first-order valence-corrected chi connectivity index (χ1v) is 7.87. The lowest BCUT2D eigenvalue weighted by atomic mass is 10.1. The van der Waals surface area contributed by atoms with Crippen molar-refractivity contribution in [2.75, 3.05) is 31.1 Å². The van der Waals surface area contributed by atoms with Crippen molar-refractivity contribution in [3.63, 3.8) is 0 Å². The minimum atomic E-state index is -0.185. The zero-order valence-corrected chi connectivity index (χ0v) is 13.3. The van der Waals surface area contributed by atoms with Gasteiger partial charge in [-0.25, -0.2) is 9.37 Å². The number of hydrogen-bond donors (Lipinski definition) is 0. The molecule has 1 saturated heterocycles. The molecule has 0 spiro atoms. The van der Waals surface area contributed by atoms with Crippen LogP contribution < -0.4 is 4.90 Å². The molecule has 1 fully saturated rings. The van der Waals surface area contributed by atoms with Gasteiger partial charge in [0.15, 0.2) is 0 Å². The van der Waals surface area contributed by atoms with Gasteiger partial charge in [0.25, 0.3) is 0 Å². The van der Waals surface area contributed by atoms with E-state index in [0.717, 1.165) is 37.4 Å². The molecule has 1 atom stereocenters. The number of rotatable bonds is 3. The number of benzene rings is 1. The summed E-state index contributed by atoms with van der Waals surface area (Å²) in [7, 11) is 0. The highest BCUT2D eigenvalue weighted by Crippen LogP contribution is 2.24. The Morgan fingerprint density at radius 3 is 2.41 bits per heavy atom. The molecule has 116 valence electrons. The molecule has 1 aliphatic rings. The van der Waals surface area contributed by atoms with E-state index < -0.39 is 0 Å². The van der Waals surface area contributed by atoms with Crippen LogP contribution in [0.3, 0.4) is 0 Å². The molecular formula is C17H19ClFN3. The molecule has 0 bridgehead atoms. The van der Waals surface area contributed by atoms with Crippen LogP contribution in [0.15, 0.2) is 42.6 Å². The fraction of sp³-hybridized carbons (Fsp3) is 0.353. The molecule has 2 aromatic rings. The van der Waals surface area contributed by atoms with Gasteiger partial charge >= 0.3 is 0 Å². The Morgan fingerprint density at radius 1 is 1.09 bits per heavy atom. The molecule has 3 nitrogen and oxygen atoms in total. The van der Waals surface area contributed by atoms with E-state index in [1.54, 1.807) is 6.20 Å². The Balaban J connectivity index is 1.62. The first-order valence-electron chi connectivity index (χ1n) is 7.49. The first-order chi connectivity index (χ1) is 10.6. The molecule has 5 heteroatoms. The number of nitrogens with zero attached hydrogens (tertiary/aromatic N) is 3. The Labute approximate surface area is 135 Å². The summed E-state index contributed by atoms with van der Waals surface area (Å²) < 4.78 is 13.0. The van der Waals surface area contributed by atoms with Crippen molar-refractivity contribution in [3.8, 4) is 0 Å². The highest BCUT2D eigenvalue weighted by atomic mass is 35.5. The molecule has 0 aliphatic carbocycles. The van der Waals surface area contributed by atoms with Crippen LogP contribution in [-0.4, -0.2) is 36.1 Å². The van der Waals surface area contributed by atoms with Crippen molar-refractivity contribution in [2.45, 2.75) is 13.0 Å². The van der Waals surface area contributed by atoms with Gasteiger partial charge in [-0.2, -0.15) is 0 Å². The average Bonchev–Trinajstić information content (AvgIpc) is 2.55. The van der Waals surface area contributed by atoms with E-state index in [9.17, 15) is 4.39 Å². The molecule has 1 aromatic heterocycles. The van der Waals surface area contributed by atoms with Gasteiger partial charge in [0, 0.05) is 44.1 Å². The van der Waals surface area contributed by atoms with E-state index in [1.807, 2.05) is 24.3 Å². The van der Waals surface area contributed by atoms with E-state index in [-0.39, 0.29) is 5.82 Å². The predicted octanol–water partition coefficient (Wildman–Crippen LogP) is 3.76. The third-order valence-electron chi connectivity index (χ3n) is 4.29. The highest BCUT2D eigenvalue weighted by molar-refractivity contribution is 6.29. The Kier molecular flexibility index (Phi) is 4.60. The van der Waals surface area contributed by atoms with Crippen molar-refractivity contribution in [1.29, 1.82) is 0 Å². The van der Waals surface area contributed by atoms with Gasteiger partial charge in [0.05, 0.1) is 0 Å². The van der Waals surface area contributed by atoms with E-state index in [4.69, 9.17) is 11.6 Å². The quantitative estimate of drug-likeness (QED) is 0.803. The summed E-state index contributed by atoms with van der Waals surface area (Å²) in [6, 6.07) is 11.0. The topological polar surface area (TPSA) is 19.4 Å². The molecular weight excluding hydrogens is 301 g/mol. The number of pyridine rings is 1. The van der Waals surface area contributed by atoms with Crippen LogP contribution in [0, 0.1) is 5.82 Å². The fourth-order valence-corrected chi connectivity index (χ4v) is 3.08. The number of hydrogen-bond acceptors (Lipinski definition) is 3. The van der Waals surface area contributed by atoms with Crippen LogP contribution in [0.25, 0.3) is 0 Å². The maximum Gasteiger partial charge on any atom is 0.131 e. The third-order valence-corrected chi connectivity index (χ3v) is 4.50. The number of anilines is 1. The van der Waals surface area contributed by atoms with Gasteiger partial charge < -0.3 is 4.90 Å². The predicted molar refractivity (Wildman–Crippen MR) is 87.8 cm³/mol. The molecule has 0 radical (unpaired) electrons. The van der Waals surface area contributed by atoms with Crippen molar-refractivity contribution >= 4 is 17.3 Å². The van der Waals surface area contributed by atoms with Crippen LogP contribution in [0.4, 0.5) is 10.1 Å². The molecule has 3 rings (SSSR count). The highest BCUT2D eigenvalue weighted by Gasteiger charge is 2.22. The van der Waals surface area contributed by atoms with Gasteiger partial charge in [-0.05, 0) is 36.8 Å². The zero-order chi connectivity index (χ0) is 15.5. The summed E-state index contributed by atoms with van der Waals surface area (Å²) in [6.07, 6.45) is 1.74. The number of aromatic nitrogens is 1. The second kappa shape index (κ2) is 6.63. The summed E-state index contributed by atoms with van der Waals surface area (Å²) in [4.78, 5) is 8.77. The number of halogens is 2.